The summed E-state index contributed by atoms with van der Waals surface area (Å²) in [7, 11) is -3.62. The molecule has 154 valence electrons. The number of amides is 1. The second-order valence-electron chi connectivity index (χ2n) is 7.18. The fraction of sp³-hybridized carbons (Fsp3) is 0.200. The van der Waals surface area contributed by atoms with E-state index in [9.17, 15) is 13.2 Å². The standard InChI is InChI=1S/C20H22ClN3O3S2/c1-20(2,3)24-29(26,27)16-11-9-15(10-12-16)22-19(28)23-18(25)13-8-14-6-4-5-7-17(14)21/h4-13,24H,1-3H3,(H2,22,23,25,28)/b13-8+. The second-order valence-corrected chi connectivity index (χ2v) is 9.68. The Kier molecular flexibility index (Phi) is 7.54. The van der Waals surface area contributed by atoms with Crippen molar-refractivity contribution in [2.75, 3.05) is 5.32 Å². The van der Waals surface area contributed by atoms with Crippen LogP contribution < -0.4 is 15.4 Å². The van der Waals surface area contributed by atoms with Gasteiger partial charge in [-0.15, -0.1) is 0 Å². The number of sulfonamides is 1. The van der Waals surface area contributed by atoms with Crippen LogP contribution in [0.1, 0.15) is 26.3 Å². The fourth-order valence-electron chi connectivity index (χ4n) is 2.27. The number of benzene rings is 2. The Bertz CT molecular complexity index is 1030. The SMILES string of the molecule is CC(C)(C)NS(=O)(=O)c1ccc(NC(=S)NC(=O)/C=C/c2ccccc2Cl)cc1. The van der Waals surface area contributed by atoms with Crippen LogP contribution in [0.25, 0.3) is 6.08 Å². The maximum Gasteiger partial charge on any atom is 0.250 e. The Balaban J connectivity index is 1.95. The molecule has 0 bridgehead atoms. The molecule has 2 aromatic carbocycles. The Morgan fingerprint density at radius 3 is 2.28 bits per heavy atom. The summed E-state index contributed by atoms with van der Waals surface area (Å²) in [6.45, 7) is 5.30. The molecule has 2 rings (SSSR count). The third-order valence-electron chi connectivity index (χ3n) is 3.42. The highest BCUT2D eigenvalue weighted by atomic mass is 35.5. The molecule has 29 heavy (non-hydrogen) atoms. The van der Waals surface area contributed by atoms with E-state index < -0.39 is 21.5 Å². The van der Waals surface area contributed by atoms with Crippen molar-refractivity contribution in [2.24, 2.45) is 0 Å². The molecule has 0 saturated carbocycles. The van der Waals surface area contributed by atoms with Crippen LogP contribution in [0.5, 0.6) is 0 Å². The minimum atomic E-state index is -3.62. The van der Waals surface area contributed by atoms with Crippen LogP contribution >= 0.6 is 23.8 Å². The normalized spacial score (nSPS) is 12.0. The summed E-state index contributed by atoms with van der Waals surface area (Å²) in [6, 6.07) is 13.2. The zero-order valence-electron chi connectivity index (χ0n) is 16.2. The van der Waals surface area contributed by atoms with Gasteiger partial charge in [0.1, 0.15) is 0 Å². The highest BCUT2D eigenvalue weighted by Gasteiger charge is 2.21. The van der Waals surface area contributed by atoms with E-state index >= 15 is 0 Å². The molecular weight excluding hydrogens is 430 g/mol. The van der Waals surface area contributed by atoms with Crippen LogP contribution in [-0.2, 0) is 14.8 Å². The number of carbonyl (C=O) groups excluding carboxylic acids is 1. The van der Waals surface area contributed by atoms with E-state index in [-0.39, 0.29) is 10.0 Å². The number of hydrogen-bond acceptors (Lipinski definition) is 4. The molecule has 0 atom stereocenters. The largest absolute Gasteiger partial charge is 0.332 e. The highest BCUT2D eigenvalue weighted by molar-refractivity contribution is 7.89. The Morgan fingerprint density at radius 1 is 1.07 bits per heavy atom. The first kappa shape index (κ1) is 23.0. The minimum Gasteiger partial charge on any atom is -0.332 e. The van der Waals surface area contributed by atoms with Gasteiger partial charge in [-0.3, -0.25) is 10.1 Å². The number of halogens is 1. The molecule has 3 N–H and O–H groups in total. The van der Waals surface area contributed by atoms with Crippen molar-refractivity contribution in [1.29, 1.82) is 0 Å². The lowest BCUT2D eigenvalue weighted by Crippen LogP contribution is -2.40. The molecule has 0 saturated heterocycles. The summed E-state index contributed by atoms with van der Waals surface area (Å²) < 4.78 is 27.2. The number of rotatable bonds is 5. The molecule has 0 aliphatic carbocycles. The van der Waals surface area contributed by atoms with Crippen molar-refractivity contribution in [1.82, 2.24) is 10.0 Å². The van der Waals surface area contributed by atoms with E-state index in [0.717, 1.165) is 0 Å². The van der Waals surface area contributed by atoms with Gasteiger partial charge in [0.15, 0.2) is 5.11 Å². The summed E-state index contributed by atoms with van der Waals surface area (Å²) in [4.78, 5) is 12.1. The molecule has 9 heteroatoms. The van der Waals surface area contributed by atoms with Crippen molar-refractivity contribution < 1.29 is 13.2 Å². The van der Waals surface area contributed by atoms with Gasteiger partial charge in [0, 0.05) is 22.3 Å². The lowest BCUT2D eigenvalue weighted by atomic mass is 10.1. The van der Waals surface area contributed by atoms with Crippen LogP contribution in [0.15, 0.2) is 59.5 Å². The maximum atomic E-state index is 12.3. The highest BCUT2D eigenvalue weighted by Crippen LogP contribution is 2.17. The predicted molar refractivity (Wildman–Crippen MR) is 121 cm³/mol. The van der Waals surface area contributed by atoms with Gasteiger partial charge >= 0.3 is 0 Å². The lowest BCUT2D eigenvalue weighted by molar-refractivity contribution is -0.115. The Labute approximate surface area is 181 Å². The number of thiocarbonyl (C=S) groups is 1. The van der Waals surface area contributed by atoms with Gasteiger partial charge in [-0.05, 0) is 75.0 Å². The van der Waals surface area contributed by atoms with Crippen molar-refractivity contribution in [3.05, 3.63) is 65.2 Å². The van der Waals surface area contributed by atoms with Gasteiger partial charge in [0.2, 0.25) is 15.9 Å². The summed E-state index contributed by atoms with van der Waals surface area (Å²) in [5, 5.41) is 5.97. The van der Waals surface area contributed by atoms with E-state index in [1.54, 1.807) is 57.2 Å². The molecule has 0 fully saturated rings. The average Bonchev–Trinajstić information content (AvgIpc) is 2.59. The molecule has 0 aromatic heterocycles. The molecule has 0 radical (unpaired) electrons. The van der Waals surface area contributed by atoms with Crippen LogP contribution in [0.4, 0.5) is 5.69 Å². The number of nitrogens with one attached hydrogen (secondary N) is 3. The van der Waals surface area contributed by atoms with Crippen molar-refractivity contribution in [3.63, 3.8) is 0 Å². The molecule has 1 amide bonds. The van der Waals surface area contributed by atoms with Gasteiger partial charge in [0.25, 0.3) is 0 Å². The average molecular weight is 452 g/mol. The van der Waals surface area contributed by atoms with Crippen LogP contribution in [0.2, 0.25) is 5.02 Å². The van der Waals surface area contributed by atoms with E-state index in [0.29, 0.717) is 16.3 Å². The van der Waals surface area contributed by atoms with Gasteiger partial charge < -0.3 is 5.32 Å². The van der Waals surface area contributed by atoms with Crippen molar-refractivity contribution >= 4 is 56.6 Å². The molecule has 0 aliphatic heterocycles. The summed E-state index contributed by atoms with van der Waals surface area (Å²) in [6.07, 6.45) is 2.91. The molecule has 0 spiro atoms. The van der Waals surface area contributed by atoms with E-state index in [4.69, 9.17) is 23.8 Å². The molecular formula is C20H22ClN3O3S2. The Hall–Kier alpha value is -2.26. The number of hydrogen-bond donors (Lipinski definition) is 3. The van der Waals surface area contributed by atoms with Crippen LogP contribution in [-0.4, -0.2) is 25.0 Å². The second kappa shape index (κ2) is 9.49. The first-order chi connectivity index (χ1) is 13.5. The predicted octanol–water partition coefficient (Wildman–Crippen LogP) is 3.94. The van der Waals surface area contributed by atoms with Gasteiger partial charge in [-0.2, -0.15) is 0 Å². The minimum absolute atomic E-state index is 0.0854. The summed E-state index contributed by atoms with van der Waals surface area (Å²) in [5.41, 5.74) is 0.669. The zero-order valence-corrected chi connectivity index (χ0v) is 18.6. The Morgan fingerprint density at radius 2 is 1.69 bits per heavy atom. The fourth-order valence-corrected chi connectivity index (χ4v) is 4.11. The third-order valence-corrected chi connectivity index (χ3v) is 5.74. The molecule has 2 aromatic rings. The van der Waals surface area contributed by atoms with E-state index in [1.165, 1.54) is 18.2 Å². The lowest BCUT2D eigenvalue weighted by Gasteiger charge is -2.20. The molecule has 0 unspecified atom stereocenters. The van der Waals surface area contributed by atoms with Gasteiger partial charge in [-0.25, -0.2) is 13.1 Å². The van der Waals surface area contributed by atoms with Gasteiger partial charge in [-0.1, -0.05) is 29.8 Å². The van der Waals surface area contributed by atoms with Crippen LogP contribution in [0.3, 0.4) is 0 Å². The summed E-state index contributed by atoms with van der Waals surface area (Å²) in [5.74, 6) is -0.420. The smallest absolute Gasteiger partial charge is 0.250 e. The first-order valence-electron chi connectivity index (χ1n) is 8.65. The number of carbonyl (C=O) groups is 1. The molecule has 0 aliphatic rings. The topological polar surface area (TPSA) is 87.3 Å². The zero-order chi connectivity index (χ0) is 21.7. The van der Waals surface area contributed by atoms with Crippen LogP contribution in [0, 0.1) is 0 Å². The summed E-state index contributed by atoms with van der Waals surface area (Å²) >= 11 is 11.1. The quantitative estimate of drug-likeness (QED) is 0.473. The van der Waals surface area contributed by atoms with Crippen molar-refractivity contribution in [3.8, 4) is 0 Å². The third kappa shape index (κ3) is 7.58. The van der Waals surface area contributed by atoms with E-state index in [2.05, 4.69) is 15.4 Å². The first-order valence-corrected chi connectivity index (χ1v) is 10.9. The number of anilines is 1. The monoisotopic (exact) mass is 451 g/mol. The van der Waals surface area contributed by atoms with Gasteiger partial charge in [0.05, 0.1) is 4.90 Å². The molecule has 0 heterocycles. The molecule has 6 nitrogen and oxygen atoms in total. The maximum absolute atomic E-state index is 12.3. The van der Waals surface area contributed by atoms with E-state index in [1.807, 2.05) is 6.07 Å². The van der Waals surface area contributed by atoms with Crippen molar-refractivity contribution in [2.45, 2.75) is 31.2 Å².